The normalized spacial score (nSPS) is 15.6. The standard InChI is InChI=1S/C16H20N2O2/c19-15(17-11-14-12-18-16(14)20)10-6-2-5-9-13-7-3-1-4-8-13/h1,3-4,7-8,11H,2,5-6,9-10,12H2,(H,17,19)(H,18,20). The Bertz CT molecular complexity index is 494. The van der Waals surface area contributed by atoms with E-state index >= 15 is 0 Å². The summed E-state index contributed by atoms with van der Waals surface area (Å²) in [7, 11) is 0. The molecule has 4 heteroatoms. The predicted molar refractivity (Wildman–Crippen MR) is 77.8 cm³/mol. The molecule has 0 saturated carbocycles. The van der Waals surface area contributed by atoms with Crippen LogP contribution >= 0.6 is 0 Å². The molecule has 4 nitrogen and oxygen atoms in total. The van der Waals surface area contributed by atoms with Crippen LogP contribution in [0.4, 0.5) is 0 Å². The highest BCUT2D eigenvalue weighted by molar-refractivity contribution is 6.00. The molecule has 0 aliphatic carbocycles. The lowest BCUT2D eigenvalue weighted by Crippen LogP contribution is -2.42. The van der Waals surface area contributed by atoms with Crippen molar-refractivity contribution in [3.8, 4) is 0 Å². The summed E-state index contributed by atoms with van der Waals surface area (Å²) in [6.07, 6.45) is 6.12. The van der Waals surface area contributed by atoms with Crippen LogP contribution in [-0.4, -0.2) is 18.4 Å². The Labute approximate surface area is 119 Å². The van der Waals surface area contributed by atoms with Gasteiger partial charge in [-0.25, -0.2) is 0 Å². The van der Waals surface area contributed by atoms with Crippen LogP contribution in [0.5, 0.6) is 0 Å². The zero-order chi connectivity index (χ0) is 14.2. The number of hydrogen-bond acceptors (Lipinski definition) is 2. The molecule has 0 atom stereocenters. The van der Waals surface area contributed by atoms with Crippen LogP contribution in [0.3, 0.4) is 0 Å². The van der Waals surface area contributed by atoms with E-state index in [0.717, 1.165) is 25.7 Å². The Kier molecular flexibility index (Phi) is 5.35. The molecule has 1 aromatic carbocycles. The molecule has 1 aliphatic heterocycles. The monoisotopic (exact) mass is 272 g/mol. The fourth-order valence-electron chi connectivity index (χ4n) is 2.06. The van der Waals surface area contributed by atoms with E-state index in [9.17, 15) is 9.59 Å². The molecule has 0 unspecified atom stereocenters. The molecule has 20 heavy (non-hydrogen) atoms. The van der Waals surface area contributed by atoms with Gasteiger partial charge in [0.2, 0.25) is 5.91 Å². The van der Waals surface area contributed by atoms with E-state index in [2.05, 4.69) is 22.8 Å². The molecule has 106 valence electrons. The molecular formula is C16H20N2O2. The number of rotatable bonds is 7. The molecule has 0 spiro atoms. The molecule has 1 aromatic rings. The summed E-state index contributed by atoms with van der Waals surface area (Å²) in [5, 5.41) is 5.26. The number of nitrogens with one attached hydrogen (secondary N) is 2. The Hall–Kier alpha value is -2.10. The summed E-state index contributed by atoms with van der Waals surface area (Å²) < 4.78 is 0. The Balaban J connectivity index is 1.53. The van der Waals surface area contributed by atoms with E-state index in [4.69, 9.17) is 0 Å². The van der Waals surface area contributed by atoms with E-state index in [1.165, 1.54) is 11.8 Å². The van der Waals surface area contributed by atoms with Crippen LogP contribution in [0.2, 0.25) is 0 Å². The lowest BCUT2D eigenvalue weighted by atomic mass is 10.1. The lowest BCUT2D eigenvalue weighted by Gasteiger charge is -2.17. The maximum absolute atomic E-state index is 11.5. The van der Waals surface area contributed by atoms with Crippen LogP contribution in [0.25, 0.3) is 0 Å². The summed E-state index contributed by atoms with van der Waals surface area (Å²) in [5.41, 5.74) is 1.99. The summed E-state index contributed by atoms with van der Waals surface area (Å²) in [6, 6.07) is 10.4. The first-order valence-corrected chi connectivity index (χ1v) is 7.06. The van der Waals surface area contributed by atoms with Crippen LogP contribution in [0.15, 0.2) is 42.1 Å². The van der Waals surface area contributed by atoms with Gasteiger partial charge in [-0.2, -0.15) is 0 Å². The molecule has 0 radical (unpaired) electrons. The van der Waals surface area contributed by atoms with Crippen molar-refractivity contribution in [3.63, 3.8) is 0 Å². The van der Waals surface area contributed by atoms with Crippen molar-refractivity contribution in [2.75, 3.05) is 6.54 Å². The third-order valence-corrected chi connectivity index (χ3v) is 3.35. The smallest absolute Gasteiger partial charge is 0.250 e. The molecule has 0 bridgehead atoms. The fourth-order valence-corrected chi connectivity index (χ4v) is 2.06. The maximum atomic E-state index is 11.5. The van der Waals surface area contributed by atoms with Crippen molar-refractivity contribution in [2.24, 2.45) is 0 Å². The highest BCUT2D eigenvalue weighted by Gasteiger charge is 2.18. The molecule has 2 N–H and O–H groups in total. The van der Waals surface area contributed by atoms with Crippen molar-refractivity contribution < 1.29 is 9.59 Å². The average Bonchev–Trinajstić information content (AvgIpc) is 2.46. The van der Waals surface area contributed by atoms with Gasteiger partial charge in [0.15, 0.2) is 0 Å². The van der Waals surface area contributed by atoms with Gasteiger partial charge in [-0.05, 0) is 24.8 Å². The predicted octanol–water partition coefficient (Wildman–Crippen LogP) is 1.92. The van der Waals surface area contributed by atoms with Crippen molar-refractivity contribution in [2.45, 2.75) is 32.1 Å². The molecule has 2 amide bonds. The van der Waals surface area contributed by atoms with Crippen LogP contribution in [-0.2, 0) is 16.0 Å². The Morgan fingerprint density at radius 2 is 2.00 bits per heavy atom. The third kappa shape index (κ3) is 4.53. The van der Waals surface area contributed by atoms with E-state index in [1.807, 2.05) is 18.2 Å². The van der Waals surface area contributed by atoms with Crippen LogP contribution in [0, 0.1) is 0 Å². The fraction of sp³-hybridized carbons (Fsp3) is 0.375. The summed E-state index contributed by atoms with van der Waals surface area (Å²) in [6.45, 7) is 0.552. The van der Waals surface area contributed by atoms with E-state index in [0.29, 0.717) is 18.5 Å². The highest BCUT2D eigenvalue weighted by Crippen LogP contribution is 2.07. The van der Waals surface area contributed by atoms with Gasteiger partial charge in [0.05, 0.1) is 5.57 Å². The van der Waals surface area contributed by atoms with Gasteiger partial charge in [0.1, 0.15) is 0 Å². The highest BCUT2D eigenvalue weighted by atomic mass is 16.2. The third-order valence-electron chi connectivity index (χ3n) is 3.35. The second-order valence-corrected chi connectivity index (χ2v) is 4.97. The van der Waals surface area contributed by atoms with E-state index < -0.39 is 0 Å². The van der Waals surface area contributed by atoms with Crippen molar-refractivity contribution in [1.29, 1.82) is 0 Å². The summed E-state index contributed by atoms with van der Waals surface area (Å²) >= 11 is 0. The summed E-state index contributed by atoms with van der Waals surface area (Å²) in [5.74, 6) is -0.106. The van der Waals surface area contributed by atoms with Gasteiger partial charge in [-0.15, -0.1) is 0 Å². The summed E-state index contributed by atoms with van der Waals surface area (Å²) in [4.78, 5) is 22.5. The first kappa shape index (κ1) is 14.3. The van der Waals surface area contributed by atoms with Crippen LogP contribution < -0.4 is 10.6 Å². The molecular weight excluding hydrogens is 252 g/mol. The van der Waals surface area contributed by atoms with Crippen molar-refractivity contribution in [1.82, 2.24) is 10.6 Å². The second kappa shape index (κ2) is 7.48. The topological polar surface area (TPSA) is 58.2 Å². The van der Waals surface area contributed by atoms with Gasteiger partial charge in [0, 0.05) is 19.2 Å². The number of β-lactam (4-membered cyclic amide) rings is 1. The van der Waals surface area contributed by atoms with Gasteiger partial charge < -0.3 is 10.6 Å². The quantitative estimate of drug-likeness (QED) is 0.452. The van der Waals surface area contributed by atoms with Crippen molar-refractivity contribution >= 4 is 11.8 Å². The largest absolute Gasteiger partial charge is 0.348 e. The first-order chi connectivity index (χ1) is 9.75. The van der Waals surface area contributed by atoms with E-state index in [-0.39, 0.29) is 11.8 Å². The second-order valence-electron chi connectivity index (χ2n) is 4.97. The van der Waals surface area contributed by atoms with Crippen LogP contribution in [0.1, 0.15) is 31.2 Å². The molecule has 1 fully saturated rings. The minimum Gasteiger partial charge on any atom is -0.348 e. The number of carbonyl (C=O) groups excluding carboxylic acids is 2. The van der Waals surface area contributed by atoms with Gasteiger partial charge >= 0.3 is 0 Å². The zero-order valence-corrected chi connectivity index (χ0v) is 11.5. The molecule has 1 saturated heterocycles. The Morgan fingerprint density at radius 1 is 1.20 bits per heavy atom. The molecule has 2 rings (SSSR count). The SMILES string of the molecule is O=C(CCCCCc1ccccc1)NC=C1CNC1=O. The number of benzene rings is 1. The lowest BCUT2D eigenvalue weighted by molar-refractivity contribution is -0.120. The molecule has 1 aliphatic rings. The molecule has 0 aromatic heterocycles. The number of hydrogen-bond donors (Lipinski definition) is 2. The zero-order valence-electron chi connectivity index (χ0n) is 11.5. The number of carbonyl (C=O) groups is 2. The van der Waals surface area contributed by atoms with E-state index in [1.54, 1.807) is 0 Å². The maximum Gasteiger partial charge on any atom is 0.250 e. The van der Waals surface area contributed by atoms with Crippen molar-refractivity contribution in [3.05, 3.63) is 47.7 Å². The molecule has 1 heterocycles. The minimum atomic E-state index is -0.0897. The number of unbranched alkanes of at least 4 members (excludes halogenated alkanes) is 2. The van der Waals surface area contributed by atoms with Gasteiger partial charge in [0.25, 0.3) is 5.91 Å². The minimum absolute atomic E-state index is 0.0167. The van der Waals surface area contributed by atoms with Gasteiger partial charge in [-0.3, -0.25) is 9.59 Å². The van der Waals surface area contributed by atoms with Gasteiger partial charge in [-0.1, -0.05) is 36.8 Å². The first-order valence-electron chi connectivity index (χ1n) is 7.06. The number of aryl methyl sites for hydroxylation is 1. The Morgan fingerprint density at radius 3 is 2.65 bits per heavy atom. The number of amides is 2. The average molecular weight is 272 g/mol.